The molecule has 3 aromatic rings. The number of hydrogen-bond donors (Lipinski definition) is 0. The maximum atomic E-state index is 12.8. The third-order valence-electron chi connectivity index (χ3n) is 4.81. The van der Waals surface area contributed by atoms with Crippen LogP contribution in [0.15, 0.2) is 30.3 Å². The largest absolute Gasteiger partial charge is 0.345 e. The first kappa shape index (κ1) is 18.5. The lowest BCUT2D eigenvalue weighted by atomic mass is 10.1. The van der Waals surface area contributed by atoms with Crippen molar-refractivity contribution in [1.29, 1.82) is 0 Å². The van der Waals surface area contributed by atoms with Crippen LogP contribution < -0.4 is 4.90 Å². The van der Waals surface area contributed by atoms with Crippen molar-refractivity contribution in [1.82, 2.24) is 9.88 Å². The Morgan fingerprint density at radius 2 is 1.81 bits per heavy atom. The molecule has 4 nitrogen and oxygen atoms in total. The van der Waals surface area contributed by atoms with Gasteiger partial charge in [0, 0.05) is 31.2 Å². The van der Waals surface area contributed by atoms with Crippen molar-refractivity contribution >= 4 is 55.8 Å². The summed E-state index contributed by atoms with van der Waals surface area (Å²) in [6.45, 7) is 7.03. The highest BCUT2D eigenvalue weighted by atomic mass is 35.5. The summed E-state index contributed by atoms with van der Waals surface area (Å²) in [4.78, 5) is 21.7. The Labute approximate surface area is 172 Å². The molecule has 2 aromatic carbocycles. The Morgan fingerprint density at radius 3 is 2.52 bits per heavy atom. The molecule has 0 aliphatic carbocycles. The minimum atomic E-state index is -0.0490. The molecule has 7 heteroatoms. The van der Waals surface area contributed by atoms with E-state index in [0.29, 0.717) is 28.7 Å². The van der Waals surface area contributed by atoms with Gasteiger partial charge in [-0.05, 0) is 49.2 Å². The topological polar surface area (TPSA) is 36.4 Å². The lowest BCUT2D eigenvalue weighted by Crippen LogP contribution is -2.48. The lowest BCUT2D eigenvalue weighted by Gasteiger charge is -2.34. The lowest BCUT2D eigenvalue weighted by molar-refractivity contribution is 0.0747. The molecule has 0 atom stereocenters. The molecule has 1 saturated heterocycles. The second-order valence-corrected chi connectivity index (χ2v) is 8.65. The van der Waals surface area contributed by atoms with E-state index in [4.69, 9.17) is 28.2 Å². The number of nitrogens with zero attached hydrogens (tertiary/aromatic N) is 3. The van der Waals surface area contributed by atoms with Gasteiger partial charge in [-0.25, -0.2) is 4.98 Å². The number of aryl methyl sites for hydroxylation is 2. The number of rotatable bonds is 2. The fraction of sp³-hybridized carbons (Fsp3) is 0.300. The van der Waals surface area contributed by atoms with Gasteiger partial charge in [0.1, 0.15) is 0 Å². The Morgan fingerprint density at radius 1 is 1.07 bits per heavy atom. The SMILES string of the molecule is Cc1cc(C)c2sc(N3CCN(C(=O)c4ccc(Cl)cc4Cl)CC3)nc2c1. The summed E-state index contributed by atoms with van der Waals surface area (Å²) in [5.74, 6) is -0.0490. The van der Waals surface area contributed by atoms with Gasteiger partial charge in [0.15, 0.2) is 5.13 Å². The zero-order chi connectivity index (χ0) is 19.1. The number of piperazine rings is 1. The van der Waals surface area contributed by atoms with Crippen LogP contribution in [-0.4, -0.2) is 42.0 Å². The summed E-state index contributed by atoms with van der Waals surface area (Å²) in [7, 11) is 0. The Balaban J connectivity index is 1.49. The van der Waals surface area contributed by atoms with Gasteiger partial charge in [-0.1, -0.05) is 40.6 Å². The van der Waals surface area contributed by atoms with E-state index in [1.807, 2.05) is 4.90 Å². The number of halogens is 2. The van der Waals surface area contributed by atoms with Crippen molar-refractivity contribution in [3.63, 3.8) is 0 Å². The molecule has 0 spiro atoms. The Hall–Kier alpha value is -1.82. The first-order valence-electron chi connectivity index (χ1n) is 8.79. The average Bonchev–Trinajstić information content (AvgIpc) is 3.06. The van der Waals surface area contributed by atoms with Crippen LogP contribution in [-0.2, 0) is 0 Å². The highest BCUT2D eigenvalue weighted by Crippen LogP contribution is 2.32. The predicted molar refractivity (Wildman–Crippen MR) is 114 cm³/mol. The second-order valence-electron chi connectivity index (χ2n) is 6.83. The normalized spacial score (nSPS) is 14.8. The number of fused-ring (bicyclic) bond motifs is 1. The number of benzene rings is 2. The summed E-state index contributed by atoms with van der Waals surface area (Å²) < 4.78 is 1.24. The fourth-order valence-corrected chi connectivity index (χ4v) is 4.99. The van der Waals surface area contributed by atoms with Gasteiger partial charge in [-0.15, -0.1) is 0 Å². The molecule has 2 heterocycles. The van der Waals surface area contributed by atoms with E-state index in [1.165, 1.54) is 15.8 Å². The predicted octanol–water partition coefficient (Wildman–Crippen LogP) is 5.18. The molecule has 27 heavy (non-hydrogen) atoms. The van der Waals surface area contributed by atoms with Crippen molar-refractivity contribution in [2.75, 3.05) is 31.1 Å². The fourth-order valence-electron chi connectivity index (χ4n) is 3.43. The van der Waals surface area contributed by atoms with Gasteiger partial charge in [-0.2, -0.15) is 0 Å². The first-order valence-corrected chi connectivity index (χ1v) is 10.4. The molecule has 0 unspecified atom stereocenters. The molecular formula is C20H19Cl2N3OS. The summed E-state index contributed by atoms with van der Waals surface area (Å²) >= 11 is 13.8. The molecule has 0 N–H and O–H groups in total. The molecule has 1 amide bonds. The van der Waals surface area contributed by atoms with E-state index in [9.17, 15) is 4.79 Å². The van der Waals surface area contributed by atoms with Crippen molar-refractivity contribution in [2.24, 2.45) is 0 Å². The van der Waals surface area contributed by atoms with E-state index < -0.39 is 0 Å². The number of anilines is 1. The molecular weight excluding hydrogens is 401 g/mol. The van der Waals surface area contributed by atoms with E-state index in [-0.39, 0.29) is 5.91 Å². The zero-order valence-electron chi connectivity index (χ0n) is 15.1. The number of aromatic nitrogens is 1. The quantitative estimate of drug-likeness (QED) is 0.573. The van der Waals surface area contributed by atoms with Crippen molar-refractivity contribution in [3.8, 4) is 0 Å². The van der Waals surface area contributed by atoms with Crippen LogP contribution in [0.2, 0.25) is 10.0 Å². The highest BCUT2D eigenvalue weighted by molar-refractivity contribution is 7.22. The van der Waals surface area contributed by atoms with Gasteiger partial charge in [0.2, 0.25) is 0 Å². The smallest absolute Gasteiger partial charge is 0.255 e. The highest BCUT2D eigenvalue weighted by Gasteiger charge is 2.25. The zero-order valence-corrected chi connectivity index (χ0v) is 17.5. The molecule has 1 aliphatic heterocycles. The van der Waals surface area contributed by atoms with E-state index in [2.05, 4.69) is 30.9 Å². The minimum Gasteiger partial charge on any atom is -0.345 e. The Bertz CT molecular complexity index is 1030. The van der Waals surface area contributed by atoms with Gasteiger partial charge < -0.3 is 9.80 Å². The molecule has 4 rings (SSSR count). The van der Waals surface area contributed by atoms with Crippen LogP contribution in [0.3, 0.4) is 0 Å². The number of amides is 1. The third-order valence-corrected chi connectivity index (χ3v) is 6.62. The number of thiazole rings is 1. The summed E-state index contributed by atoms with van der Waals surface area (Å²) in [5, 5.41) is 1.95. The molecule has 0 radical (unpaired) electrons. The number of carbonyl (C=O) groups excluding carboxylic acids is 1. The van der Waals surface area contributed by atoms with Crippen LogP contribution in [0.1, 0.15) is 21.5 Å². The molecule has 1 aromatic heterocycles. The van der Waals surface area contributed by atoms with Crippen LogP contribution in [0.5, 0.6) is 0 Å². The van der Waals surface area contributed by atoms with Crippen molar-refractivity contribution < 1.29 is 4.79 Å². The first-order chi connectivity index (χ1) is 12.9. The van der Waals surface area contributed by atoms with Gasteiger partial charge >= 0.3 is 0 Å². The molecule has 140 valence electrons. The maximum Gasteiger partial charge on any atom is 0.255 e. The second kappa shape index (κ2) is 7.30. The monoisotopic (exact) mass is 419 g/mol. The van der Waals surface area contributed by atoms with Gasteiger partial charge in [0.25, 0.3) is 5.91 Å². The van der Waals surface area contributed by atoms with E-state index in [0.717, 1.165) is 23.7 Å². The van der Waals surface area contributed by atoms with Crippen LogP contribution in [0, 0.1) is 13.8 Å². The van der Waals surface area contributed by atoms with Crippen molar-refractivity contribution in [3.05, 3.63) is 57.1 Å². The minimum absolute atomic E-state index is 0.0490. The molecule has 1 fully saturated rings. The summed E-state index contributed by atoms with van der Waals surface area (Å²) in [6.07, 6.45) is 0. The maximum absolute atomic E-state index is 12.8. The molecule has 0 saturated carbocycles. The van der Waals surface area contributed by atoms with Crippen LogP contribution in [0.25, 0.3) is 10.2 Å². The Kier molecular flexibility index (Phi) is 5.01. The standard InChI is InChI=1S/C20H19Cl2N3OS/c1-12-9-13(2)18-17(10-12)23-20(27-18)25-7-5-24(6-8-25)19(26)15-4-3-14(21)11-16(15)22/h3-4,9-11H,5-8H2,1-2H3. The average molecular weight is 420 g/mol. The molecule has 0 bridgehead atoms. The summed E-state index contributed by atoms with van der Waals surface area (Å²) in [5.41, 5.74) is 4.05. The van der Waals surface area contributed by atoms with Gasteiger partial charge in [-0.3, -0.25) is 4.79 Å². The van der Waals surface area contributed by atoms with E-state index in [1.54, 1.807) is 29.5 Å². The summed E-state index contributed by atoms with van der Waals surface area (Å²) in [6, 6.07) is 9.32. The number of hydrogen-bond acceptors (Lipinski definition) is 4. The van der Waals surface area contributed by atoms with Crippen molar-refractivity contribution in [2.45, 2.75) is 13.8 Å². The number of carbonyl (C=O) groups is 1. The van der Waals surface area contributed by atoms with E-state index >= 15 is 0 Å². The van der Waals surface area contributed by atoms with Gasteiger partial charge in [0.05, 0.1) is 20.8 Å². The van der Waals surface area contributed by atoms with Crippen LogP contribution in [0.4, 0.5) is 5.13 Å². The molecule has 1 aliphatic rings. The third kappa shape index (κ3) is 3.64. The van der Waals surface area contributed by atoms with Crippen LogP contribution >= 0.6 is 34.5 Å².